The van der Waals surface area contributed by atoms with Gasteiger partial charge >= 0.3 is 11.9 Å². The number of carboxylic acid groups (broad SMARTS) is 1. The molecular formula is C37H39N2O13S2-. The van der Waals surface area contributed by atoms with Crippen LogP contribution in [0.5, 0.6) is 0 Å². The van der Waals surface area contributed by atoms with Crippen LogP contribution in [0.4, 0.5) is 0 Å². The number of amides is 2. The average molecular weight is 784 g/mol. The van der Waals surface area contributed by atoms with Crippen LogP contribution in [0.15, 0.2) is 83.0 Å². The molecule has 0 radical (unpaired) electrons. The molecule has 0 spiro atoms. The van der Waals surface area contributed by atoms with Gasteiger partial charge in [-0.1, -0.05) is 39.0 Å². The Morgan fingerprint density at radius 2 is 1.56 bits per heavy atom. The first-order valence-corrected chi connectivity index (χ1v) is 18.9. The predicted octanol–water partition coefficient (Wildman–Crippen LogP) is 5.83. The van der Waals surface area contributed by atoms with Crippen molar-refractivity contribution in [2.45, 2.75) is 69.1 Å². The fraction of sp³-hybridized carbons (Fsp3) is 0.270. The van der Waals surface area contributed by atoms with Crippen LogP contribution in [0.3, 0.4) is 0 Å². The largest absolute Gasteiger partial charge is 0.744 e. The van der Waals surface area contributed by atoms with Crippen LogP contribution in [-0.4, -0.2) is 59.9 Å². The fourth-order valence-electron chi connectivity index (χ4n) is 6.69. The molecule has 2 aliphatic heterocycles. The molecule has 2 aromatic rings. The van der Waals surface area contributed by atoms with Gasteiger partial charge < -0.3 is 18.9 Å². The Labute approximate surface area is 311 Å². The summed E-state index contributed by atoms with van der Waals surface area (Å²) < 4.78 is 79.0. The SMILES string of the molecule is C=C.C=C.CC(=O)ON1C(=O)CCC1=O.CC1CC(C)(C)Cc2c1cc1c(-c3ccccc3C(=O)O)c3ccc(=N)c(S(=O)(=O)[O-])c-3oc1c2S(=O)(=O)O. The number of imide groups is 1. The van der Waals surface area contributed by atoms with E-state index < -0.39 is 70.5 Å². The number of rotatable bonds is 5. The number of carbonyl (C=O) groups excluding carboxylic acids is 3. The van der Waals surface area contributed by atoms with E-state index >= 15 is 0 Å². The van der Waals surface area contributed by atoms with Crippen LogP contribution >= 0.6 is 0 Å². The number of aromatic carboxylic acids is 1. The van der Waals surface area contributed by atoms with E-state index in [-0.39, 0.29) is 58.2 Å². The normalized spacial score (nSPS) is 16.2. The van der Waals surface area contributed by atoms with Gasteiger partial charge in [-0.05, 0) is 65.1 Å². The molecule has 2 aliphatic carbocycles. The second-order valence-electron chi connectivity index (χ2n) is 12.8. The Hall–Kier alpha value is -5.49. The highest BCUT2D eigenvalue weighted by atomic mass is 32.2. The molecule has 1 unspecified atom stereocenters. The van der Waals surface area contributed by atoms with E-state index in [1.807, 2.05) is 20.8 Å². The number of nitrogens with one attached hydrogen (secondary N) is 1. The minimum absolute atomic E-state index is 0.00773. The third-order valence-corrected chi connectivity index (χ3v) is 10.3. The summed E-state index contributed by atoms with van der Waals surface area (Å²) in [5.74, 6) is -3.62. The summed E-state index contributed by atoms with van der Waals surface area (Å²) in [6.45, 7) is 19.0. The van der Waals surface area contributed by atoms with Crippen molar-refractivity contribution in [2.75, 3.05) is 0 Å². The minimum atomic E-state index is -5.31. The third-order valence-electron chi connectivity index (χ3n) is 8.43. The van der Waals surface area contributed by atoms with Gasteiger partial charge in [-0.15, -0.1) is 31.4 Å². The number of carbonyl (C=O) groups is 4. The number of hydrogen-bond acceptors (Lipinski definition) is 12. The van der Waals surface area contributed by atoms with Crippen molar-refractivity contribution >= 4 is 55.0 Å². The summed E-state index contributed by atoms with van der Waals surface area (Å²) in [5.41, 5.74) is 0.146. The Balaban J connectivity index is 0.000000443. The quantitative estimate of drug-likeness (QED) is 0.0934. The van der Waals surface area contributed by atoms with E-state index in [2.05, 4.69) is 31.2 Å². The van der Waals surface area contributed by atoms with Gasteiger partial charge in [0, 0.05) is 36.3 Å². The number of nitrogens with zero attached hydrogens (tertiary/aromatic N) is 1. The van der Waals surface area contributed by atoms with Crippen LogP contribution in [0.1, 0.15) is 74.4 Å². The second-order valence-corrected chi connectivity index (χ2v) is 15.5. The average Bonchev–Trinajstić information content (AvgIpc) is 3.38. The first kappa shape index (κ1) is 42.9. The summed E-state index contributed by atoms with van der Waals surface area (Å²) in [6.07, 6.45) is 1.21. The number of fused-ring (bicyclic) bond motifs is 3. The molecular weight excluding hydrogens is 745 g/mol. The topological polar surface area (TPSA) is 250 Å². The van der Waals surface area contributed by atoms with Crippen LogP contribution < -0.4 is 5.36 Å². The molecule has 2 heterocycles. The lowest BCUT2D eigenvalue weighted by atomic mass is 9.69. The summed E-state index contributed by atoms with van der Waals surface area (Å²) in [6, 6.07) is 9.93. The van der Waals surface area contributed by atoms with Crippen LogP contribution in [-0.2, 0) is 45.9 Å². The van der Waals surface area contributed by atoms with E-state index in [1.165, 1.54) is 24.3 Å². The lowest BCUT2D eigenvalue weighted by molar-refractivity contribution is -0.195. The predicted molar refractivity (Wildman–Crippen MR) is 195 cm³/mol. The molecule has 2 amide bonds. The van der Waals surface area contributed by atoms with E-state index in [1.54, 1.807) is 12.1 Å². The Bertz CT molecular complexity index is 2400. The molecule has 1 fully saturated rings. The molecule has 288 valence electrons. The molecule has 1 saturated heterocycles. The molecule has 4 aliphatic rings. The van der Waals surface area contributed by atoms with Crippen molar-refractivity contribution in [3.8, 4) is 22.5 Å². The standard InChI is InChI=1S/C27H25NO9S2.C6H7NO4.2C2H4/c1-13-11-27(2,3)12-19-17(13)10-18-21(14-6-4-5-7-15(14)26(29)30)16-8-9-20(28)25(39(34,35)36)22(16)37-23(18)24(19)38(31,32)33;1-4(8)11-7-5(9)2-3-6(7)10;2*1-2/h4-10,13,28H,11-12H2,1-3H3,(H,29,30)(H,31,32,33)(H,34,35,36);2-3H2,1H3;2*1-2H2/p-1. The highest BCUT2D eigenvalue weighted by molar-refractivity contribution is 7.86. The zero-order valence-electron chi connectivity index (χ0n) is 29.9. The highest BCUT2D eigenvalue weighted by Gasteiger charge is 2.38. The minimum Gasteiger partial charge on any atom is -0.744 e. The van der Waals surface area contributed by atoms with E-state index in [9.17, 15) is 50.2 Å². The van der Waals surface area contributed by atoms with Gasteiger partial charge in [0.2, 0.25) is 0 Å². The van der Waals surface area contributed by atoms with Crippen molar-refractivity contribution in [1.82, 2.24) is 5.06 Å². The van der Waals surface area contributed by atoms with Gasteiger partial charge in [0.25, 0.3) is 21.9 Å². The van der Waals surface area contributed by atoms with Crippen LogP contribution in [0, 0.1) is 10.8 Å². The number of benzene rings is 3. The maximum absolute atomic E-state index is 12.9. The summed E-state index contributed by atoms with van der Waals surface area (Å²) in [5, 5.41) is 18.0. The molecule has 2 aromatic carbocycles. The zero-order chi connectivity index (χ0) is 41.1. The molecule has 1 atom stereocenters. The number of carboxylic acids is 1. The van der Waals surface area contributed by atoms with Gasteiger partial charge in [0.1, 0.15) is 19.9 Å². The van der Waals surface area contributed by atoms with Crippen LogP contribution in [0.2, 0.25) is 0 Å². The molecule has 3 N–H and O–H groups in total. The lowest BCUT2D eigenvalue weighted by Gasteiger charge is -2.37. The van der Waals surface area contributed by atoms with Crippen molar-refractivity contribution in [2.24, 2.45) is 5.41 Å². The van der Waals surface area contributed by atoms with Crippen molar-refractivity contribution < 1.29 is 59.5 Å². The van der Waals surface area contributed by atoms with E-state index in [0.29, 0.717) is 22.6 Å². The third kappa shape index (κ3) is 8.65. The van der Waals surface area contributed by atoms with E-state index in [0.717, 1.165) is 13.0 Å². The lowest BCUT2D eigenvalue weighted by Crippen LogP contribution is -2.30. The highest BCUT2D eigenvalue weighted by Crippen LogP contribution is 2.50. The number of hydrogen-bond donors (Lipinski definition) is 3. The Kier molecular flexibility index (Phi) is 12.9. The molecule has 0 aromatic heterocycles. The fourth-order valence-corrected chi connectivity index (χ4v) is 8.29. The monoisotopic (exact) mass is 783 g/mol. The summed E-state index contributed by atoms with van der Waals surface area (Å²) in [4.78, 5) is 46.7. The maximum atomic E-state index is 12.9. The Morgan fingerprint density at radius 1 is 0.981 bits per heavy atom. The molecule has 17 heteroatoms. The number of hydroxylamine groups is 2. The first-order valence-electron chi connectivity index (χ1n) is 16.1. The van der Waals surface area contributed by atoms with Gasteiger partial charge in [0.05, 0.1) is 10.9 Å². The van der Waals surface area contributed by atoms with Gasteiger partial charge in [-0.3, -0.25) is 19.6 Å². The smallest absolute Gasteiger partial charge is 0.336 e. The summed E-state index contributed by atoms with van der Waals surface area (Å²) >= 11 is 0. The second kappa shape index (κ2) is 16.3. The van der Waals surface area contributed by atoms with Crippen molar-refractivity contribution in [1.29, 1.82) is 5.41 Å². The van der Waals surface area contributed by atoms with Gasteiger partial charge in [-0.2, -0.15) is 8.42 Å². The molecule has 0 saturated carbocycles. The molecule has 15 nitrogen and oxygen atoms in total. The van der Waals surface area contributed by atoms with Gasteiger partial charge in [0.15, 0.2) is 11.3 Å². The Morgan fingerprint density at radius 3 is 2.07 bits per heavy atom. The first-order chi connectivity index (χ1) is 25.1. The summed E-state index contributed by atoms with van der Waals surface area (Å²) in [7, 11) is -10.3. The molecule has 0 bridgehead atoms. The van der Waals surface area contributed by atoms with Crippen molar-refractivity contribution in [3.05, 3.63) is 90.8 Å². The van der Waals surface area contributed by atoms with Crippen molar-refractivity contribution in [3.63, 3.8) is 0 Å². The van der Waals surface area contributed by atoms with Gasteiger partial charge in [-0.25, -0.2) is 18.0 Å². The molecule has 6 rings (SSSR count). The molecule has 54 heavy (non-hydrogen) atoms. The van der Waals surface area contributed by atoms with Crippen LogP contribution in [0.25, 0.3) is 33.4 Å². The van der Waals surface area contributed by atoms with E-state index in [4.69, 9.17) is 9.83 Å². The zero-order valence-corrected chi connectivity index (χ0v) is 31.6. The maximum Gasteiger partial charge on any atom is 0.336 e.